The molecule has 2 N–H and O–H groups in total. The Morgan fingerprint density at radius 1 is 1.37 bits per heavy atom. The summed E-state index contributed by atoms with van der Waals surface area (Å²) in [5.74, 6) is -0.323. The van der Waals surface area contributed by atoms with Gasteiger partial charge in [0.25, 0.3) is 0 Å². The Balaban J connectivity index is 2.72. The zero-order valence-electron chi connectivity index (χ0n) is 10.3. The average Bonchev–Trinajstić information content (AvgIpc) is 2.30. The van der Waals surface area contributed by atoms with E-state index in [1.54, 1.807) is 0 Å². The van der Waals surface area contributed by atoms with E-state index in [1.165, 1.54) is 12.1 Å². The Labute approximate surface area is 117 Å². The summed E-state index contributed by atoms with van der Waals surface area (Å²) in [6.45, 7) is 3.14. The van der Waals surface area contributed by atoms with Crippen molar-refractivity contribution < 1.29 is 18.0 Å². The predicted molar refractivity (Wildman–Crippen MR) is 70.9 cm³/mol. The van der Waals surface area contributed by atoms with Gasteiger partial charge in [0.1, 0.15) is 0 Å². The molecule has 0 bridgehead atoms. The Morgan fingerprint density at radius 3 is 2.63 bits per heavy atom. The highest BCUT2D eigenvalue weighted by molar-refractivity contribution is 9.10. The van der Waals surface area contributed by atoms with Gasteiger partial charge < -0.3 is 10.6 Å². The standard InChI is InChI=1S/C12H14BrF3N2O/c1-2-17-6-5-11(19)18-8-3-4-10(13)9(7-8)12(14,15)16/h3-4,7,17H,2,5-6H2,1H3,(H,18,19). The molecule has 1 amide bonds. The van der Waals surface area contributed by atoms with Crippen LogP contribution in [-0.2, 0) is 11.0 Å². The zero-order valence-corrected chi connectivity index (χ0v) is 11.9. The third-order valence-electron chi connectivity index (χ3n) is 2.33. The zero-order chi connectivity index (χ0) is 14.5. The van der Waals surface area contributed by atoms with Gasteiger partial charge in [-0.05, 0) is 24.7 Å². The highest BCUT2D eigenvalue weighted by Crippen LogP contribution is 2.36. The van der Waals surface area contributed by atoms with E-state index in [-0.39, 0.29) is 22.5 Å². The summed E-state index contributed by atoms with van der Waals surface area (Å²) in [4.78, 5) is 11.5. The molecule has 0 radical (unpaired) electrons. The van der Waals surface area contributed by atoms with Crippen LogP contribution in [0.5, 0.6) is 0 Å². The molecule has 0 aliphatic heterocycles. The number of amides is 1. The fourth-order valence-corrected chi connectivity index (χ4v) is 1.89. The van der Waals surface area contributed by atoms with Crippen molar-refractivity contribution >= 4 is 27.5 Å². The molecular weight excluding hydrogens is 325 g/mol. The van der Waals surface area contributed by atoms with Gasteiger partial charge in [-0.15, -0.1) is 0 Å². The molecule has 3 nitrogen and oxygen atoms in total. The van der Waals surface area contributed by atoms with Crippen LogP contribution in [0, 0.1) is 0 Å². The molecule has 0 aromatic heterocycles. The quantitative estimate of drug-likeness (QED) is 0.808. The van der Waals surface area contributed by atoms with E-state index in [9.17, 15) is 18.0 Å². The van der Waals surface area contributed by atoms with E-state index >= 15 is 0 Å². The number of hydrogen-bond acceptors (Lipinski definition) is 2. The van der Waals surface area contributed by atoms with E-state index in [0.29, 0.717) is 6.54 Å². The number of nitrogens with one attached hydrogen (secondary N) is 2. The van der Waals surface area contributed by atoms with Crippen molar-refractivity contribution in [2.75, 3.05) is 18.4 Å². The fraction of sp³-hybridized carbons (Fsp3) is 0.417. The van der Waals surface area contributed by atoms with Gasteiger partial charge in [-0.3, -0.25) is 4.79 Å². The molecule has 0 saturated heterocycles. The first kappa shape index (κ1) is 16.0. The first-order chi connectivity index (χ1) is 8.84. The largest absolute Gasteiger partial charge is 0.417 e. The summed E-state index contributed by atoms with van der Waals surface area (Å²) in [6, 6.07) is 3.60. The molecule has 1 aromatic rings. The summed E-state index contributed by atoms with van der Waals surface area (Å²) in [5, 5.41) is 5.40. The van der Waals surface area contributed by atoms with Crippen molar-refractivity contribution in [3.63, 3.8) is 0 Å². The smallest absolute Gasteiger partial charge is 0.326 e. The summed E-state index contributed by atoms with van der Waals surface area (Å²) >= 11 is 2.84. The van der Waals surface area contributed by atoms with Crippen LogP contribution in [-0.4, -0.2) is 19.0 Å². The lowest BCUT2D eigenvalue weighted by Crippen LogP contribution is -2.21. The maximum atomic E-state index is 12.7. The molecule has 0 spiro atoms. The Hall–Kier alpha value is -1.08. The Morgan fingerprint density at radius 2 is 2.05 bits per heavy atom. The number of carbonyl (C=O) groups is 1. The highest BCUT2D eigenvalue weighted by Gasteiger charge is 2.33. The van der Waals surface area contributed by atoms with Crippen LogP contribution < -0.4 is 10.6 Å². The lowest BCUT2D eigenvalue weighted by atomic mass is 10.2. The van der Waals surface area contributed by atoms with E-state index in [4.69, 9.17) is 0 Å². The summed E-state index contributed by atoms with van der Waals surface area (Å²) in [7, 11) is 0. The average molecular weight is 339 g/mol. The summed E-state index contributed by atoms with van der Waals surface area (Å²) < 4.78 is 37.9. The van der Waals surface area contributed by atoms with Gasteiger partial charge in [-0.1, -0.05) is 22.9 Å². The molecule has 19 heavy (non-hydrogen) atoms. The molecule has 7 heteroatoms. The maximum Gasteiger partial charge on any atom is 0.417 e. The molecule has 0 aliphatic carbocycles. The van der Waals surface area contributed by atoms with E-state index in [1.807, 2.05) is 6.92 Å². The molecule has 0 aliphatic rings. The third kappa shape index (κ3) is 5.20. The van der Waals surface area contributed by atoms with Crippen LogP contribution in [0.25, 0.3) is 0 Å². The van der Waals surface area contributed by atoms with Gasteiger partial charge in [-0.2, -0.15) is 13.2 Å². The number of halogens is 4. The lowest BCUT2D eigenvalue weighted by Gasteiger charge is -2.12. The van der Waals surface area contributed by atoms with Gasteiger partial charge in [-0.25, -0.2) is 0 Å². The first-order valence-corrected chi connectivity index (χ1v) is 6.51. The molecule has 0 heterocycles. The number of rotatable bonds is 5. The van der Waals surface area contributed by atoms with E-state index in [2.05, 4.69) is 26.6 Å². The minimum absolute atomic E-state index is 0.0503. The number of hydrogen-bond donors (Lipinski definition) is 2. The van der Waals surface area contributed by atoms with E-state index < -0.39 is 11.7 Å². The van der Waals surface area contributed by atoms with Crippen molar-refractivity contribution in [3.8, 4) is 0 Å². The van der Waals surface area contributed by atoms with Crippen molar-refractivity contribution in [2.24, 2.45) is 0 Å². The van der Waals surface area contributed by atoms with Crippen molar-refractivity contribution in [3.05, 3.63) is 28.2 Å². The number of carbonyl (C=O) groups excluding carboxylic acids is 1. The number of alkyl halides is 3. The van der Waals surface area contributed by atoms with Crippen molar-refractivity contribution in [1.29, 1.82) is 0 Å². The van der Waals surface area contributed by atoms with Crippen LogP contribution in [0.4, 0.5) is 18.9 Å². The van der Waals surface area contributed by atoms with Crippen molar-refractivity contribution in [1.82, 2.24) is 5.32 Å². The van der Waals surface area contributed by atoms with Crippen LogP contribution in [0.3, 0.4) is 0 Å². The van der Waals surface area contributed by atoms with Gasteiger partial charge in [0, 0.05) is 23.1 Å². The second-order valence-corrected chi connectivity index (χ2v) is 4.70. The van der Waals surface area contributed by atoms with Gasteiger partial charge >= 0.3 is 6.18 Å². The first-order valence-electron chi connectivity index (χ1n) is 5.72. The van der Waals surface area contributed by atoms with Crippen LogP contribution >= 0.6 is 15.9 Å². The minimum atomic E-state index is -4.46. The number of benzene rings is 1. The fourth-order valence-electron chi connectivity index (χ4n) is 1.42. The van der Waals surface area contributed by atoms with Crippen LogP contribution in [0.2, 0.25) is 0 Å². The van der Waals surface area contributed by atoms with Gasteiger partial charge in [0.2, 0.25) is 5.91 Å². The minimum Gasteiger partial charge on any atom is -0.326 e. The monoisotopic (exact) mass is 338 g/mol. The normalized spacial score (nSPS) is 11.4. The molecule has 1 aromatic carbocycles. The van der Waals surface area contributed by atoms with Crippen LogP contribution in [0.1, 0.15) is 18.9 Å². The summed E-state index contributed by atoms with van der Waals surface area (Å²) in [5.41, 5.74) is -0.672. The Bertz CT molecular complexity index is 449. The second-order valence-electron chi connectivity index (χ2n) is 3.84. The van der Waals surface area contributed by atoms with Gasteiger partial charge in [0.15, 0.2) is 0 Å². The highest BCUT2D eigenvalue weighted by atomic mass is 79.9. The second kappa shape index (κ2) is 6.91. The molecule has 0 fully saturated rings. The third-order valence-corrected chi connectivity index (χ3v) is 3.03. The maximum absolute atomic E-state index is 12.7. The molecule has 0 unspecified atom stereocenters. The molecule has 0 saturated carbocycles. The predicted octanol–water partition coefficient (Wildman–Crippen LogP) is 3.41. The van der Waals surface area contributed by atoms with Crippen LogP contribution in [0.15, 0.2) is 22.7 Å². The molecule has 106 valence electrons. The molecule has 0 atom stereocenters. The topological polar surface area (TPSA) is 41.1 Å². The molecule has 1 rings (SSSR count). The number of anilines is 1. The summed E-state index contributed by atoms with van der Waals surface area (Å²) in [6.07, 6.45) is -4.24. The lowest BCUT2D eigenvalue weighted by molar-refractivity contribution is -0.138. The molecular formula is C12H14BrF3N2O. The van der Waals surface area contributed by atoms with Crippen molar-refractivity contribution in [2.45, 2.75) is 19.5 Å². The van der Waals surface area contributed by atoms with Gasteiger partial charge in [0.05, 0.1) is 5.56 Å². The Kier molecular flexibility index (Phi) is 5.81. The SMILES string of the molecule is CCNCCC(=O)Nc1ccc(Br)c(C(F)(F)F)c1. The van der Waals surface area contributed by atoms with E-state index in [0.717, 1.165) is 12.6 Å².